The number of nitrogens with zero attached hydrogens (tertiary/aromatic N) is 2. The molecule has 0 aromatic carbocycles. The van der Waals surface area contributed by atoms with Crippen molar-refractivity contribution in [1.29, 1.82) is 0 Å². The molecule has 0 saturated carbocycles. The molecular weight excluding hydrogens is 232 g/mol. The summed E-state index contributed by atoms with van der Waals surface area (Å²) in [5.74, 6) is 0.0785. The van der Waals surface area contributed by atoms with E-state index < -0.39 is 0 Å². The number of hydrogen-bond acceptors (Lipinski definition) is 3. The van der Waals surface area contributed by atoms with Gasteiger partial charge in [0.1, 0.15) is 6.54 Å². The summed E-state index contributed by atoms with van der Waals surface area (Å²) < 4.78 is 5.65. The summed E-state index contributed by atoms with van der Waals surface area (Å²) in [5.41, 5.74) is 0. The Balaban J connectivity index is 2.00. The molecule has 2 rings (SSSR count). The van der Waals surface area contributed by atoms with Crippen molar-refractivity contribution in [3.8, 4) is 0 Å². The number of carbonyl (C=O) groups excluding carboxylic acids is 2. The van der Waals surface area contributed by atoms with Gasteiger partial charge in [-0.25, -0.2) is 0 Å². The first kappa shape index (κ1) is 13.3. The molecule has 0 aromatic rings. The lowest BCUT2D eigenvalue weighted by atomic mass is 9.91. The molecule has 2 fully saturated rings. The van der Waals surface area contributed by atoms with Crippen molar-refractivity contribution in [2.75, 3.05) is 26.4 Å². The Hall–Kier alpha value is -1.10. The molecule has 2 amide bonds. The van der Waals surface area contributed by atoms with E-state index in [9.17, 15) is 9.59 Å². The summed E-state index contributed by atoms with van der Waals surface area (Å²) in [6.07, 6.45) is 2.70. The van der Waals surface area contributed by atoms with Crippen molar-refractivity contribution in [3.63, 3.8) is 0 Å². The third kappa shape index (κ3) is 2.51. The molecule has 0 aliphatic carbocycles. The van der Waals surface area contributed by atoms with Gasteiger partial charge in [-0.2, -0.15) is 0 Å². The van der Waals surface area contributed by atoms with Gasteiger partial charge in [-0.1, -0.05) is 6.92 Å². The van der Waals surface area contributed by atoms with Gasteiger partial charge in [0.05, 0.1) is 18.7 Å². The summed E-state index contributed by atoms with van der Waals surface area (Å²) in [6, 6.07) is 0. The summed E-state index contributed by atoms with van der Waals surface area (Å²) in [7, 11) is 0. The quantitative estimate of drug-likeness (QED) is 0.750. The normalized spacial score (nSPS) is 28.9. The lowest BCUT2D eigenvalue weighted by Gasteiger charge is -2.32. The average Bonchev–Trinajstić information content (AvgIpc) is 2.79. The Bertz CT molecular complexity index is 332. The number of hydrogen-bond donors (Lipinski definition) is 0. The maximum Gasteiger partial charge on any atom is 0.243 e. The molecule has 2 saturated heterocycles. The van der Waals surface area contributed by atoms with Gasteiger partial charge >= 0.3 is 0 Å². The topological polar surface area (TPSA) is 49.9 Å². The van der Waals surface area contributed by atoms with E-state index in [0.717, 1.165) is 25.9 Å². The number of amides is 2. The zero-order valence-electron chi connectivity index (χ0n) is 11.2. The molecular formula is C13H22N2O3. The van der Waals surface area contributed by atoms with Gasteiger partial charge in [0.25, 0.3) is 0 Å². The van der Waals surface area contributed by atoms with E-state index >= 15 is 0 Å². The number of ether oxygens (including phenoxy) is 1. The molecule has 0 aromatic heterocycles. The Morgan fingerprint density at radius 2 is 2.22 bits per heavy atom. The number of likely N-dealkylation sites (N-methyl/N-ethyl adjacent to an activating group) is 1. The average molecular weight is 254 g/mol. The van der Waals surface area contributed by atoms with Gasteiger partial charge in [0, 0.05) is 13.2 Å². The first-order valence-electron chi connectivity index (χ1n) is 6.85. The second kappa shape index (κ2) is 5.69. The van der Waals surface area contributed by atoms with Gasteiger partial charge in [0.2, 0.25) is 11.8 Å². The van der Waals surface area contributed by atoms with Crippen molar-refractivity contribution in [1.82, 2.24) is 9.80 Å². The van der Waals surface area contributed by atoms with Crippen LogP contribution in [0.4, 0.5) is 0 Å². The third-order valence-corrected chi connectivity index (χ3v) is 3.87. The van der Waals surface area contributed by atoms with E-state index in [-0.39, 0.29) is 30.4 Å². The fraction of sp³-hybridized carbons (Fsp3) is 0.846. The predicted octanol–water partition coefficient (Wildman–Crippen LogP) is 0.840. The van der Waals surface area contributed by atoms with Crippen molar-refractivity contribution >= 4 is 11.8 Å². The molecule has 0 unspecified atom stereocenters. The zero-order chi connectivity index (χ0) is 13.1. The van der Waals surface area contributed by atoms with Crippen LogP contribution >= 0.6 is 0 Å². The van der Waals surface area contributed by atoms with Gasteiger partial charge in [0.15, 0.2) is 0 Å². The van der Waals surface area contributed by atoms with Gasteiger partial charge in [-0.05, 0) is 26.2 Å². The summed E-state index contributed by atoms with van der Waals surface area (Å²) >= 11 is 0. The highest BCUT2D eigenvalue weighted by Crippen LogP contribution is 2.26. The minimum absolute atomic E-state index is 0.0250. The van der Waals surface area contributed by atoms with Crippen LogP contribution in [-0.2, 0) is 14.3 Å². The van der Waals surface area contributed by atoms with Gasteiger partial charge in [-0.3, -0.25) is 9.59 Å². The van der Waals surface area contributed by atoms with Crippen molar-refractivity contribution < 1.29 is 14.3 Å². The van der Waals surface area contributed by atoms with E-state index in [1.807, 2.05) is 13.8 Å². The van der Waals surface area contributed by atoms with Crippen molar-refractivity contribution in [3.05, 3.63) is 0 Å². The smallest absolute Gasteiger partial charge is 0.243 e. The second-order valence-corrected chi connectivity index (χ2v) is 4.99. The standard InChI is InChI=1S/C13H22N2O3/c1-3-11-10(6-5-7-18-11)13(17)15-8-12(16)14(4-2)9-15/h10-11H,3-9H2,1-2H3/t10-,11+/m1/s1. The highest BCUT2D eigenvalue weighted by molar-refractivity contribution is 5.89. The van der Waals surface area contributed by atoms with Crippen LogP contribution < -0.4 is 0 Å². The van der Waals surface area contributed by atoms with Crippen LogP contribution in [0.1, 0.15) is 33.1 Å². The lowest BCUT2D eigenvalue weighted by Crippen LogP contribution is -2.43. The molecule has 2 atom stereocenters. The zero-order valence-corrected chi connectivity index (χ0v) is 11.2. The Morgan fingerprint density at radius 3 is 2.83 bits per heavy atom. The Kier molecular flexibility index (Phi) is 4.22. The van der Waals surface area contributed by atoms with E-state index in [4.69, 9.17) is 4.74 Å². The minimum Gasteiger partial charge on any atom is -0.377 e. The number of rotatable bonds is 3. The molecule has 0 N–H and O–H groups in total. The Morgan fingerprint density at radius 1 is 1.44 bits per heavy atom. The maximum absolute atomic E-state index is 12.4. The van der Waals surface area contributed by atoms with E-state index in [0.29, 0.717) is 13.2 Å². The molecule has 0 bridgehead atoms. The molecule has 18 heavy (non-hydrogen) atoms. The Labute approximate surface area is 108 Å². The third-order valence-electron chi connectivity index (χ3n) is 3.87. The van der Waals surface area contributed by atoms with Crippen LogP contribution in [0.25, 0.3) is 0 Å². The monoisotopic (exact) mass is 254 g/mol. The molecule has 0 radical (unpaired) electrons. The minimum atomic E-state index is -0.0617. The molecule has 5 nitrogen and oxygen atoms in total. The SMILES string of the molecule is CC[C@@H]1OCCC[C@H]1C(=O)N1CC(=O)N(CC)C1. The van der Waals surface area contributed by atoms with Crippen LogP contribution in [0.2, 0.25) is 0 Å². The van der Waals surface area contributed by atoms with Crippen molar-refractivity contribution in [2.24, 2.45) is 5.92 Å². The largest absolute Gasteiger partial charge is 0.377 e. The molecule has 0 spiro atoms. The molecule has 5 heteroatoms. The first-order valence-corrected chi connectivity index (χ1v) is 6.85. The van der Waals surface area contributed by atoms with Gasteiger partial charge < -0.3 is 14.5 Å². The van der Waals surface area contributed by atoms with E-state index in [1.165, 1.54) is 0 Å². The fourth-order valence-electron chi connectivity index (χ4n) is 2.78. The van der Waals surface area contributed by atoms with Crippen LogP contribution in [0.3, 0.4) is 0 Å². The maximum atomic E-state index is 12.4. The highest BCUT2D eigenvalue weighted by atomic mass is 16.5. The number of carbonyl (C=O) groups is 2. The van der Waals surface area contributed by atoms with Crippen LogP contribution in [-0.4, -0.2) is 54.1 Å². The van der Waals surface area contributed by atoms with Crippen LogP contribution in [0.15, 0.2) is 0 Å². The molecule has 102 valence electrons. The highest BCUT2D eigenvalue weighted by Gasteiger charge is 2.37. The van der Waals surface area contributed by atoms with E-state index in [1.54, 1.807) is 9.80 Å². The van der Waals surface area contributed by atoms with Gasteiger partial charge in [-0.15, -0.1) is 0 Å². The lowest BCUT2D eigenvalue weighted by molar-refractivity contribution is -0.145. The van der Waals surface area contributed by atoms with Crippen LogP contribution in [0.5, 0.6) is 0 Å². The van der Waals surface area contributed by atoms with E-state index in [2.05, 4.69) is 0 Å². The van der Waals surface area contributed by atoms with Crippen LogP contribution in [0, 0.1) is 5.92 Å². The summed E-state index contributed by atoms with van der Waals surface area (Å²) in [6.45, 7) is 6.08. The summed E-state index contributed by atoms with van der Waals surface area (Å²) in [5, 5.41) is 0. The molecule has 2 heterocycles. The predicted molar refractivity (Wildman–Crippen MR) is 66.7 cm³/mol. The molecule has 2 aliphatic rings. The fourth-order valence-corrected chi connectivity index (χ4v) is 2.78. The van der Waals surface area contributed by atoms with Crippen molar-refractivity contribution in [2.45, 2.75) is 39.2 Å². The summed E-state index contributed by atoms with van der Waals surface area (Å²) in [4.78, 5) is 27.5. The first-order chi connectivity index (χ1) is 8.67. The molecule has 2 aliphatic heterocycles. The second-order valence-electron chi connectivity index (χ2n) is 4.99.